The SMILES string of the molecule is N=C(N)c1ccc(NC(c2nn(-c3ncccn3)c(=O)[nH]2)c2cc(CCO)ccc2F)cc1. The van der Waals surface area contributed by atoms with Crippen LogP contribution < -0.4 is 16.7 Å². The summed E-state index contributed by atoms with van der Waals surface area (Å²) < 4.78 is 15.9. The van der Waals surface area contributed by atoms with Crippen LogP contribution >= 0.6 is 0 Å². The number of rotatable bonds is 8. The number of hydrogen-bond acceptors (Lipinski definition) is 7. The smallest absolute Gasteiger partial charge is 0.350 e. The fourth-order valence-corrected chi connectivity index (χ4v) is 3.31. The van der Waals surface area contributed by atoms with Crippen molar-refractivity contribution < 1.29 is 9.50 Å². The van der Waals surface area contributed by atoms with Gasteiger partial charge < -0.3 is 16.2 Å². The van der Waals surface area contributed by atoms with Crippen LogP contribution in [0.15, 0.2) is 65.7 Å². The highest BCUT2D eigenvalue weighted by atomic mass is 19.1. The molecule has 0 aliphatic rings. The summed E-state index contributed by atoms with van der Waals surface area (Å²) in [7, 11) is 0. The molecule has 0 aliphatic carbocycles. The maximum Gasteiger partial charge on any atom is 0.350 e. The summed E-state index contributed by atoms with van der Waals surface area (Å²) in [5.41, 5.74) is 7.01. The standard InChI is InChI=1S/C22H21FN8O2/c23-17-7-2-13(8-11-32)12-16(17)18(28-15-5-3-14(4-6-15)19(24)25)20-29-22(33)31(30-20)21-26-9-1-10-27-21/h1-7,9-10,12,18,28,32H,8,11H2,(H3,24,25)(H,29,30,33). The number of aliphatic hydroxyl groups is 1. The van der Waals surface area contributed by atoms with Gasteiger partial charge in [-0.2, -0.15) is 0 Å². The Morgan fingerprint density at radius 2 is 1.94 bits per heavy atom. The van der Waals surface area contributed by atoms with E-state index in [-0.39, 0.29) is 29.8 Å². The number of benzene rings is 2. The highest BCUT2D eigenvalue weighted by Crippen LogP contribution is 2.27. The zero-order valence-electron chi connectivity index (χ0n) is 17.4. The van der Waals surface area contributed by atoms with Crippen molar-refractivity contribution >= 4 is 11.5 Å². The number of nitrogens with zero attached hydrogens (tertiary/aromatic N) is 4. The summed E-state index contributed by atoms with van der Waals surface area (Å²) in [6.07, 6.45) is 3.30. The average molecular weight is 448 g/mol. The molecule has 2 aromatic heterocycles. The van der Waals surface area contributed by atoms with Gasteiger partial charge in [0, 0.05) is 35.8 Å². The van der Waals surface area contributed by atoms with Crippen molar-refractivity contribution in [2.45, 2.75) is 12.5 Å². The number of aliphatic hydroxyl groups excluding tert-OH is 1. The van der Waals surface area contributed by atoms with Crippen LogP contribution in [0.5, 0.6) is 0 Å². The van der Waals surface area contributed by atoms with Gasteiger partial charge in [-0.1, -0.05) is 12.1 Å². The summed E-state index contributed by atoms with van der Waals surface area (Å²) in [4.78, 5) is 23.3. The Kier molecular flexibility index (Phi) is 6.22. The van der Waals surface area contributed by atoms with E-state index in [1.54, 1.807) is 42.5 Å². The first kappa shape index (κ1) is 21.8. The van der Waals surface area contributed by atoms with Crippen molar-refractivity contribution in [1.29, 1.82) is 5.41 Å². The normalized spacial score (nSPS) is 11.8. The number of nitrogen functional groups attached to an aromatic ring is 1. The molecule has 4 rings (SSSR count). The predicted molar refractivity (Wildman–Crippen MR) is 120 cm³/mol. The quantitative estimate of drug-likeness (QED) is 0.202. The third-order valence-electron chi connectivity index (χ3n) is 4.93. The minimum absolute atomic E-state index is 0.0732. The zero-order chi connectivity index (χ0) is 23.4. The molecule has 0 bridgehead atoms. The lowest BCUT2D eigenvalue weighted by atomic mass is 10.0. The van der Waals surface area contributed by atoms with Crippen LogP contribution in [0.1, 0.15) is 28.6 Å². The van der Waals surface area contributed by atoms with Gasteiger partial charge in [-0.05, 0) is 48.4 Å². The number of aromatic amines is 1. The van der Waals surface area contributed by atoms with Crippen molar-refractivity contribution in [1.82, 2.24) is 24.7 Å². The molecule has 10 nitrogen and oxygen atoms in total. The van der Waals surface area contributed by atoms with Crippen LogP contribution in [-0.4, -0.2) is 42.3 Å². The van der Waals surface area contributed by atoms with Gasteiger partial charge in [0.1, 0.15) is 17.7 Å². The Balaban J connectivity index is 1.79. The van der Waals surface area contributed by atoms with Gasteiger partial charge in [-0.25, -0.2) is 19.2 Å². The Labute approximate surface area is 187 Å². The lowest BCUT2D eigenvalue weighted by molar-refractivity contribution is 0.299. The molecule has 0 saturated heterocycles. The van der Waals surface area contributed by atoms with Gasteiger partial charge in [-0.15, -0.1) is 9.78 Å². The second kappa shape index (κ2) is 9.40. The van der Waals surface area contributed by atoms with Gasteiger partial charge in [-0.3, -0.25) is 10.4 Å². The highest BCUT2D eigenvalue weighted by molar-refractivity contribution is 5.95. The topological polar surface area (TPSA) is 159 Å². The lowest BCUT2D eigenvalue weighted by Crippen LogP contribution is -2.18. The number of H-pyrrole nitrogens is 1. The molecule has 0 aliphatic heterocycles. The first-order valence-corrected chi connectivity index (χ1v) is 10.0. The molecule has 33 heavy (non-hydrogen) atoms. The first-order valence-electron chi connectivity index (χ1n) is 10.0. The number of hydrogen-bond donors (Lipinski definition) is 5. The van der Waals surface area contributed by atoms with Crippen LogP contribution in [0.3, 0.4) is 0 Å². The fourth-order valence-electron chi connectivity index (χ4n) is 3.31. The van der Waals surface area contributed by atoms with Gasteiger partial charge in [0.15, 0.2) is 5.82 Å². The van der Waals surface area contributed by atoms with E-state index in [0.29, 0.717) is 17.7 Å². The van der Waals surface area contributed by atoms with Crippen molar-refractivity contribution in [3.63, 3.8) is 0 Å². The van der Waals surface area contributed by atoms with Crippen molar-refractivity contribution in [2.24, 2.45) is 5.73 Å². The molecule has 0 radical (unpaired) electrons. The van der Waals surface area contributed by atoms with E-state index < -0.39 is 17.5 Å². The first-order chi connectivity index (χ1) is 16.0. The van der Waals surface area contributed by atoms with Crippen LogP contribution in [0.25, 0.3) is 5.95 Å². The van der Waals surface area contributed by atoms with Crippen molar-refractivity contribution in [2.75, 3.05) is 11.9 Å². The molecule has 0 saturated carbocycles. The monoisotopic (exact) mass is 448 g/mol. The van der Waals surface area contributed by atoms with Crippen LogP contribution in [0, 0.1) is 11.2 Å². The second-order valence-corrected chi connectivity index (χ2v) is 7.17. The second-order valence-electron chi connectivity index (χ2n) is 7.17. The summed E-state index contributed by atoms with van der Waals surface area (Å²) in [5, 5.41) is 24.3. The number of anilines is 1. The Morgan fingerprint density at radius 1 is 1.21 bits per heavy atom. The Hall–Kier alpha value is -4.38. The van der Waals surface area contributed by atoms with Gasteiger partial charge in [0.25, 0.3) is 5.95 Å². The summed E-state index contributed by atoms with van der Waals surface area (Å²) in [5.74, 6) is -0.375. The van der Waals surface area contributed by atoms with E-state index in [9.17, 15) is 14.3 Å². The third-order valence-corrected chi connectivity index (χ3v) is 4.93. The largest absolute Gasteiger partial charge is 0.396 e. The van der Waals surface area contributed by atoms with E-state index in [1.807, 2.05) is 0 Å². The molecule has 4 aromatic rings. The number of amidine groups is 1. The van der Waals surface area contributed by atoms with Crippen LogP contribution in [0.2, 0.25) is 0 Å². The molecule has 6 N–H and O–H groups in total. The van der Waals surface area contributed by atoms with Crippen LogP contribution in [-0.2, 0) is 6.42 Å². The maximum atomic E-state index is 15.0. The highest BCUT2D eigenvalue weighted by Gasteiger charge is 2.24. The number of aromatic nitrogens is 5. The molecule has 0 amide bonds. The summed E-state index contributed by atoms with van der Waals surface area (Å²) >= 11 is 0. The molecular formula is C22H21FN8O2. The summed E-state index contributed by atoms with van der Waals surface area (Å²) in [6, 6.07) is 11.9. The van der Waals surface area contributed by atoms with E-state index in [1.165, 1.54) is 18.5 Å². The minimum Gasteiger partial charge on any atom is -0.396 e. The minimum atomic E-state index is -0.885. The third kappa shape index (κ3) is 4.77. The van der Waals surface area contributed by atoms with Gasteiger partial charge >= 0.3 is 5.69 Å². The molecule has 2 aromatic carbocycles. The molecule has 11 heteroatoms. The van der Waals surface area contributed by atoms with Crippen molar-refractivity contribution in [3.05, 3.63) is 99.7 Å². The van der Waals surface area contributed by atoms with Crippen molar-refractivity contribution in [3.8, 4) is 5.95 Å². The zero-order valence-corrected chi connectivity index (χ0v) is 17.4. The number of nitrogens with one attached hydrogen (secondary N) is 3. The Morgan fingerprint density at radius 3 is 2.61 bits per heavy atom. The molecule has 0 spiro atoms. The molecule has 2 heterocycles. The fraction of sp³-hybridized carbons (Fsp3) is 0.136. The predicted octanol–water partition coefficient (Wildman–Crippen LogP) is 1.51. The number of halogens is 1. The average Bonchev–Trinajstić information content (AvgIpc) is 3.21. The molecule has 1 unspecified atom stereocenters. The number of nitrogens with two attached hydrogens (primary N) is 1. The van der Waals surface area contributed by atoms with E-state index in [0.717, 1.165) is 10.2 Å². The van der Waals surface area contributed by atoms with Crippen LogP contribution in [0.4, 0.5) is 10.1 Å². The molecule has 168 valence electrons. The molecule has 0 fully saturated rings. The molecular weight excluding hydrogens is 427 g/mol. The van der Waals surface area contributed by atoms with E-state index >= 15 is 0 Å². The van der Waals surface area contributed by atoms with Gasteiger partial charge in [0.05, 0.1) is 0 Å². The Bertz CT molecular complexity index is 1320. The lowest BCUT2D eigenvalue weighted by Gasteiger charge is -2.20. The van der Waals surface area contributed by atoms with E-state index in [2.05, 4.69) is 25.4 Å². The van der Waals surface area contributed by atoms with Gasteiger partial charge in [0.2, 0.25) is 0 Å². The molecule has 1 atom stereocenters. The van der Waals surface area contributed by atoms with E-state index in [4.69, 9.17) is 11.1 Å². The maximum absolute atomic E-state index is 15.0. The summed E-state index contributed by atoms with van der Waals surface area (Å²) in [6.45, 7) is -0.0908.